The summed E-state index contributed by atoms with van der Waals surface area (Å²) in [5.41, 5.74) is 0.991. The van der Waals surface area contributed by atoms with E-state index in [1.165, 1.54) is 12.8 Å². The van der Waals surface area contributed by atoms with Crippen LogP contribution < -0.4 is 10.1 Å². The maximum atomic E-state index is 12.7. The topological polar surface area (TPSA) is 38.3 Å². The number of hydrogen-bond acceptors (Lipinski definition) is 3. The summed E-state index contributed by atoms with van der Waals surface area (Å²) < 4.78 is 6.00. The van der Waals surface area contributed by atoms with Crippen molar-refractivity contribution in [3.05, 3.63) is 29.8 Å². The van der Waals surface area contributed by atoms with Crippen LogP contribution in [-0.2, 0) is 0 Å². The minimum atomic E-state index is 0.0890. The third-order valence-electron chi connectivity index (χ3n) is 5.53. The van der Waals surface area contributed by atoms with Crippen LogP contribution in [0.1, 0.15) is 83.0 Å². The standard InChI is InChI=1S/C22H33NO2/c1-21(2)14-16(15-22(3,4)23-21)13-20(24)17-9-11-19(12-10-17)25-18-7-5-6-8-18/h9-12,16,18,23H,5-8,13-15H2,1-4H3. The van der Waals surface area contributed by atoms with E-state index in [9.17, 15) is 4.79 Å². The van der Waals surface area contributed by atoms with E-state index in [-0.39, 0.29) is 16.9 Å². The van der Waals surface area contributed by atoms with Crippen LogP contribution in [-0.4, -0.2) is 23.0 Å². The molecule has 3 nitrogen and oxygen atoms in total. The van der Waals surface area contributed by atoms with E-state index in [2.05, 4.69) is 33.0 Å². The Bertz CT molecular complexity index is 581. The number of hydrogen-bond donors (Lipinski definition) is 1. The molecular formula is C22H33NO2. The maximum absolute atomic E-state index is 12.7. The summed E-state index contributed by atoms with van der Waals surface area (Å²) in [6.07, 6.45) is 7.94. The fourth-order valence-corrected chi connectivity index (χ4v) is 4.98. The molecule has 2 fully saturated rings. The van der Waals surface area contributed by atoms with Crippen LogP contribution in [0.5, 0.6) is 5.75 Å². The van der Waals surface area contributed by atoms with Crippen LogP contribution in [0.2, 0.25) is 0 Å². The van der Waals surface area contributed by atoms with Gasteiger partial charge in [-0.15, -0.1) is 0 Å². The Morgan fingerprint density at radius 2 is 1.60 bits per heavy atom. The first kappa shape index (κ1) is 18.4. The third kappa shape index (κ3) is 5.07. The van der Waals surface area contributed by atoms with Crippen LogP contribution in [0.25, 0.3) is 0 Å². The molecule has 1 aromatic rings. The number of benzene rings is 1. The van der Waals surface area contributed by atoms with Crippen LogP contribution >= 0.6 is 0 Å². The SMILES string of the molecule is CC1(C)CC(CC(=O)c2ccc(OC3CCCC3)cc2)CC(C)(C)N1. The number of piperidine rings is 1. The number of Topliss-reactive ketones (excluding diaryl/α,β-unsaturated/α-hetero) is 1. The molecule has 1 saturated carbocycles. The number of nitrogens with one attached hydrogen (secondary N) is 1. The van der Waals surface area contributed by atoms with Crippen molar-refractivity contribution in [2.24, 2.45) is 5.92 Å². The Morgan fingerprint density at radius 3 is 2.16 bits per heavy atom. The minimum absolute atomic E-state index is 0.0890. The van der Waals surface area contributed by atoms with Gasteiger partial charge in [-0.3, -0.25) is 4.79 Å². The molecule has 2 aliphatic rings. The zero-order chi connectivity index (χ0) is 18.1. The van der Waals surface area contributed by atoms with Crippen molar-refractivity contribution < 1.29 is 9.53 Å². The van der Waals surface area contributed by atoms with Crippen LogP contribution in [0.15, 0.2) is 24.3 Å². The van der Waals surface area contributed by atoms with Gasteiger partial charge in [0.2, 0.25) is 0 Å². The Hall–Kier alpha value is -1.35. The Kier molecular flexibility index (Phi) is 5.24. The maximum Gasteiger partial charge on any atom is 0.163 e. The fourth-order valence-electron chi connectivity index (χ4n) is 4.98. The molecule has 0 atom stereocenters. The molecule has 1 aliphatic carbocycles. The van der Waals surface area contributed by atoms with Gasteiger partial charge in [-0.05, 0) is 96.4 Å². The molecule has 25 heavy (non-hydrogen) atoms. The normalized spacial score (nSPS) is 23.5. The number of carbonyl (C=O) groups is 1. The third-order valence-corrected chi connectivity index (χ3v) is 5.53. The second-order valence-corrected chi connectivity index (χ2v) is 9.34. The van der Waals surface area contributed by atoms with Crippen LogP contribution in [0.4, 0.5) is 0 Å². The largest absolute Gasteiger partial charge is 0.490 e. The van der Waals surface area contributed by atoms with Gasteiger partial charge in [-0.2, -0.15) is 0 Å². The van der Waals surface area contributed by atoms with Crippen molar-refractivity contribution in [2.45, 2.75) is 89.8 Å². The average molecular weight is 344 g/mol. The first-order valence-electron chi connectivity index (χ1n) is 9.82. The second kappa shape index (κ2) is 7.11. The van der Waals surface area contributed by atoms with Crippen molar-refractivity contribution in [3.63, 3.8) is 0 Å². The minimum Gasteiger partial charge on any atom is -0.490 e. The summed E-state index contributed by atoms with van der Waals surface area (Å²) in [6.45, 7) is 8.95. The van der Waals surface area contributed by atoms with Gasteiger partial charge in [0, 0.05) is 23.1 Å². The lowest BCUT2D eigenvalue weighted by Gasteiger charge is -2.46. The Labute approximate surface area is 152 Å². The van der Waals surface area contributed by atoms with Crippen molar-refractivity contribution >= 4 is 5.78 Å². The van der Waals surface area contributed by atoms with Crippen molar-refractivity contribution in [1.29, 1.82) is 0 Å². The monoisotopic (exact) mass is 343 g/mol. The molecular weight excluding hydrogens is 310 g/mol. The highest BCUT2D eigenvalue weighted by Gasteiger charge is 2.38. The highest BCUT2D eigenvalue weighted by atomic mass is 16.5. The molecule has 0 amide bonds. The van der Waals surface area contributed by atoms with Crippen LogP contribution in [0.3, 0.4) is 0 Å². The highest BCUT2D eigenvalue weighted by Crippen LogP contribution is 2.35. The lowest BCUT2D eigenvalue weighted by molar-refractivity contribution is 0.0864. The van der Waals surface area contributed by atoms with E-state index < -0.39 is 0 Å². The second-order valence-electron chi connectivity index (χ2n) is 9.34. The first-order chi connectivity index (χ1) is 11.7. The molecule has 0 bridgehead atoms. The molecule has 3 rings (SSSR count). The van der Waals surface area contributed by atoms with E-state index >= 15 is 0 Å². The van der Waals surface area contributed by atoms with Gasteiger partial charge in [-0.25, -0.2) is 0 Å². The predicted molar refractivity (Wildman–Crippen MR) is 102 cm³/mol. The summed E-state index contributed by atoms with van der Waals surface area (Å²) >= 11 is 0. The van der Waals surface area contributed by atoms with Crippen molar-refractivity contribution in [1.82, 2.24) is 5.32 Å². The van der Waals surface area contributed by atoms with E-state index in [0.29, 0.717) is 18.4 Å². The van der Waals surface area contributed by atoms with E-state index in [1.54, 1.807) is 0 Å². The molecule has 1 aromatic carbocycles. The molecule has 0 radical (unpaired) electrons. The first-order valence-corrected chi connectivity index (χ1v) is 9.82. The lowest BCUT2D eigenvalue weighted by Crippen LogP contribution is -2.57. The summed E-state index contributed by atoms with van der Waals surface area (Å²) in [7, 11) is 0. The summed E-state index contributed by atoms with van der Waals surface area (Å²) in [4.78, 5) is 12.7. The molecule has 1 saturated heterocycles. The van der Waals surface area contributed by atoms with E-state index in [1.807, 2.05) is 24.3 Å². The van der Waals surface area contributed by atoms with Gasteiger partial charge < -0.3 is 10.1 Å². The molecule has 1 N–H and O–H groups in total. The van der Waals surface area contributed by atoms with E-state index in [4.69, 9.17) is 4.74 Å². The van der Waals surface area contributed by atoms with Crippen molar-refractivity contribution in [3.8, 4) is 5.75 Å². The lowest BCUT2D eigenvalue weighted by atomic mass is 9.74. The van der Waals surface area contributed by atoms with Gasteiger partial charge in [0.1, 0.15) is 5.75 Å². The average Bonchev–Trinajstić information content (AvgIpc) is 2.97. The molecule has 1 heterocycles. The van der Waals surface area contributed by atoms with Gasteiger partial charge in [0.25, 0.3) is 0 Å². The van der Waals surface area contributed by atoms with E-state index in [0.717, 1.165) is 37.0 Å². The summed E-state index contributed by atoms with van der Waals surface area (Å²) in [5.74, 6) is 1.59. The molecule has 3 heteroatoms. The summed E-state index contributed by atoms with van der Waals surface area (Å²) in [5, 5.41) is 3.69. The Balaban J connectivity index is 1.59. The fraction of sp³-hybridized carbons (Fsp3) is 0.682. The highest BCUT2D eigenvalue weighted by molar-refractivity contribution is 5.96. The van der Waals surface area contributed by atoms with Gasteiger partial charge in [0.05, 0.1) is 6.10 Å². The van der Waals surface area contributed by atoms with Gasteiger partial charge in [-0.1, -0.05) is 0 Å². The summed E-state index contributed by atoms with van der Waals surface area (Å²) in [6, 6.07) is 7.79. The Morgan fingerprint density at radius 1 is 1.04 bits per heavy atom. The predicted octanol–water partition coefficient (Wildman–Crippen LogP) is 5.14. The zero-order valence-corrected chi connectivity index (χ0v) is 16.2. The molecule has 0 unspecified atom stereocenters. The molecule has 0 aromatic heterocycles. The number of ether oxygens (including phenoxy) is 1. The smallest absolute Gasteiger partial charge is 0.163 e. The number of ketones is 1. The molecule has 1 aliphatic heterocycles. The number of rotatable bonds is 5. The number of carbonyl (C=O) groups excluding carboxylic acids is 1. The van der Waals surface area contributed by atoms with Gasteiger partial charge in [0.15, 0.2) is 5.78 Å². The molecule has 138 valence electrons. The van der Waals surface area contributed by atoms with Crippen molar-refractivity contribution in [2.75, 3.05) is 0 Å². The quantitative estimate of drug-likeness (QED) is 0.753. The molecule has 0 spiro atoms. The van der Waals surface area contributed by atoms with Gasteiger partial charge >= 0.3 is 0 Å². The zero-order valence-electron chi connectivity index (χ0n) is 16.2. The van der Waals surface area contributed by atoms with Crippen LogP contribution in [0, 0.1) is 5.92 Å².